The Labute approximate surface area is 149 Å². The molecule has 6 heteroatoms. The molecular weight excluding hydrogens is 316 g/mol. The van der Waals surface area contributed by atoms with E-state index < -0.39 is 0 Å². The smallest absolute Gasteiger partial charge is 0.275 e. The number of anilines is 1. The van der Waals surface area contributed by atoms with Crippen molar-refractivity contribution in [2.75, 3.05) is 25.1 Å². The summed E-state index contributed by atoms with van der Waals surface area (Å²) in [4.78, 5) is 24.6. The minimum absolute atomic E-state index is 0.133. The number of aromatic nitrogens is 2. The van der Waals surface area contributed by atoms with Crippen molar-refractivity contribution in [2.45, 2.75) is 69.7 Å². The van der Waals surface area contributed by atoms with Crippen LogP contribution in [-0.4, -0.2) is 42.1 Å². The van der Waals surface area contributed by atoms with Gasteiger partial charge in [-0.15, -0.1) is 0 Å². The largest absolute Gasteiger partial charge is 0.479 e. The van der Waals surface area contributed by atoms with Crippen molar-refractivity contribution in [3.63, 3.8) is 0 Å². The molecule has 0 atom stereocenters. The Balaban J connectivity index is 1.61. The quantitative estimate of drug-likeness (QED) is 0.889. The van der Waals surface area contributed by atoms with E-state index in [1.807, 2.05) is 0 Å². The third-order valence-corrected chi connectivity index (χ3v) is 5.59. The van der Waals surface area contributed by atoms with Crippen LogP contribution in [0.25, 0.3) is 0 Å². The van der Waals surface area contributed by atoms with E-state index >= 15 is 0 Å². The number of carbonyl (C=O) groups is 1. The third kappa shape index (κ3) is 3.58. The van der Waals surface area contributed by atoms with Crippen molar-refractivity contribution in [3.05, 3.63) is 11.4 Å². The van der Waals surface area contributed by atoms with Crippen molar-refractivity contribution in [3.8, 4) is 5.88 Å². The van der Waals surface area contributed by atoms with Crippen LogP contribution in [0, 0.1) is 0 Å². The van der Waals surface area contributed by atoms with Crippen molar-refractivity contribution in [1.82, 2.24) is 15.3 Å². The van der Waals surface area contributed by atoms with Gasteiger partial charge in [0.1, 0.15) is 0 Å². The highest BCUT2D eigenvalue weighted by molar-refractivity contribution is 5.95. The van der Waals surface area contributed by atoms with Crippen LogP contribution < -0.4 is 15.0 Å². The molecule has 1 saturated heterocycles. The topological polar surface area (TPSA) is 67.3 Å². The van der Waals surface area contributed by atoms with Gasteiger partial charge in [0.2, 0.25) is 5.88 Å². The Hall–Kier alpha value is -1.85. The molecule has 2 saturated carbocycles. The Morgan fingerprint density at radius 2 is 1.76 bits per heavy atom. The van der Waals surface area contributed by atoms with Gasteiger partial charge in [-0.2, -0.15) is 4.98 Å². The van der Waals surface area contributed by atoms with E-state index in [0.717, 1.165) is 50.3 Å². The molecule has 3 aliphatic rings. The lowest BCUT2D eigenvalue weighted by Crippen LogP contribution is -2.37. The summed E-state index contributed by atoms with van der Waals surface area (Å²) in [6.07, 6.45) is 10.4. The first-order valence-electron chi connectivity index (χ1n) is 9.78. The summed E-state index contributed by atoms with van der Waals surface area (Å²) in [6.45, 7) is 2.04. The molecule has 4 rings (SSSR count). The maximum Gasteiger partial charge on any atom is 0.275 e. The zero-order chi connectivity index (χ0) is 17.2. The van der Waals surface area contributed by atoms with Gasteiger partial charge in [-0.3, -0.25) is 4.79 Å². The lowest BCUT2D eigenvalue weighted by atomic mass is 9.95. The Morgan fingerprint density at radius 3 is 2.40 bits per heavy atom. The highest BCUT2D eigenvalue weighted by Gasteiger charge is 2.34. The van der Waals surface area contributed by atoms with Crippen LogP contribution in [0.5, 0.6) is 5.88 Å². The van der Waals surface area contributed by atoms with E-state index in [2.05, 4.69) is 10.2 Å². The second kappa shape index (κ2) is 7.18. The van der Waals surface area contributed by atoms with E-state index in [9.17, 15) is 4.79 Å². The fraction of sp³-hybridized carbons (Fsp3) is 0.737. The molecule has 2 heterocycles. The minimum atomic E-state index is -0.133. The van der Waals surface area contributed by atoms with Crippen molar-refractivity contribution in [2.24, 2.45) is 0 Å². The van der Waals surface area contributed by atoms with E-state index in [-0.39, 0.29) is 11.9 Å². The first-order valence-corrected chi connectivity index (χ1v) is 9.78. The molecule has 1 aliphatic heterocycles. The van der Waals surface area contributed by atoms with Gasteiger partial charge in [-0.05, 0) is 38.5 Å². The highest BCUT2D eigenvalue weighted by atomic mass is 16.5. The monoisotopic (exact) mass is 344 g/mol. The van der Waals surface area contributed by atoms with Gasteiger partial charge in [-0.1, -0.05) is 19.3 Å². The molecule has 1 amide bonds. The number of carbonyl (C=O) groups excluding carboxylic acids is 1. The summed E-state index contributed by atoms with van der Waals surface area (Å²) in [5.41, 5.74) is 1.36. The van der Waals surface area contributed by atoms with E-state index in [0.29, 0.717) is 17.5 Å². The SMILES string of the molecule is COc1nc(N2CCCC2)c(C2CC2)nc1C(=O)NC1CCCCC1. The second-order valence-electron chi connectivity index (χ2n) is 7.57. The number of amides is 1. The zero-order valence-electron chi connectivity index (χ0n) is 15.1. The normalized spacial score (nSPS) is 21.4. The summed E-state index contributed by atoms with van der Waals surface area (Å²) in [6, 6.07) is 0.260. The molecular formula is C19H28N4O2. The lowest BCUT2D eigenvalue weighted by Gasteiger charge is -2.24. The lowest BCUT2D eigenvalue weighted by molar-refractivity contribution is 0.0918. The predicted molar refractivity (Wildman–Crippen MR) is 96.3 cm³/mol. The molecule has 3 fully saturated rings. The van der Waals surface area contributed by atoms with Crippen LogP contribution >= 0.6 is 0 Å². The van der Waals surface area contributed by atoms with Gasteiger partial charge in [-0.25, -0.2) is 4.98 Å². The summed E-state index contributed by atoms with van der Waals surface area (Å²) in [7, 11) is 1.58. The van der Waals surface area contributed by atoms with Gasteiger partial charge < -0.3 is 15.0 Å². The number of rotatable bonds is 5. The molecule has 2 aliphatic carbocycles. The van der Waals surface area contributed by atoms with Crippen LogP contribution in [0.1, 0.15) is 79.9 Å². The molecule has 0 bridgehead atoms. The minimum Gasteiger partial charge on any atom is -0.479 e. The molecule has 136 valence electrons. The Bertz CT molecular complexity index is 633. The van der Waals surface area contributed by atoms with Gasteiger partial charge in [0, 0.05) is 25.0 Å². The summed E-state index contributed by atoms with van der Waals surface area (Å²) in [5, 5.41) is 3.15. The number of nitrogens with zero attached hydrogens (tertiary/aromatic N) is 3. The fourth-order valence-corrected chi connectivity index (χ4v) is 4.01. The number of methoxy groups -OCH3 is 1. The summed E-state index contributed by atoms with van der Waals surface area (Å²) < 4.78 is 5.45. The highest BCUT2D eigenvalue weighted by Crippen LogP contribution is 2.44. The maximum absolute atomic E-state index is 12.8. The molecule has 0 aromatic carbocycles. The molecule has 1 N–H and O–H groups in total. The second-order valence-corrected chi connectivity index (χ2v) is 7.57. The van der Waals surface area contributed by atoms with E-state index in [1.54, 1.807) is 7.11 Å². The molecule has 0 radical (unpaired) electrons. The first kappa shape index (κ1) is 16.6. The average Bonchev–Trinajstić information content (AvgIpc) is 3.35. The molecule has 1 aromatic heterocycles. The van der Waals surface area contributed by atoms with Crippen LogP contribution in [0.4, 0.5) is 5.82 Å². The van der Waals surface area contributed by atoms with Gasteiger partial charge in [0.05, 0.1) is 12.8 Å². The number of nitrogens with one attached hydrogen (secondary N) is 1. The molecule has 0 spiro atoms. The number of hydrogen-bond acceptors (Lipinski definition) is 5. The predicted octanol–water partition coefficient (Wildman–Crippen LogP) is 3.03. The van der Waals surface area contributed by atoms with Crippen molar-refractivity contribution < 1.29 is 9.53 Å². The number of hydrogen-bond donors (Lipinski definition) is 1. The zero-order valence-corrected chi connectivity index (χ0v) is 15.1. The van der Waals surface area contributed by atoms with Crippen LogP contribution in [0.15, 0.2) is 0 Å². The van der Waals surface area contributed by atoms with Crippen LogP contribution in [0.3, 0.4) is 0 Å². The molecule has 25 heavy (non-hydrogen) atoms. The number of ether oxygens (including phenoxy) is 1. The van der Waals surface area contributed by atoms with E-state index in [4.69, 9.17) is 14.7 Å². The van der Waals surface area contributed by atoms with Crippen LogP contribution in [0.2, 0.25) is 0 Å². The van der Waals surface area contributed by atoms with Gasteiger partial charge in [0.15, 0.2) is 11.5 Å². The standard InChI is InChI=1S/C19H28N4O2/c1-25-19-16(18(24)20-14-7-3-2-4-8-14)21-15(13-9-10-13)17(22-19)23-11-5-6-12-23/h13-14H,2-12H2,1H3,(H,20,24). The molecule has 6 nitrogen and oxygen atoms in total. The van der Waals surface area contributed by atoms with Gasteiger partial charge in [0.25, 0.3) is 5.91 Å². The fourth-order valence-electron chi connectivity index (χ4n) is 4.01. The third-order valence-electron chi connectivity index (χ3n) is 5.59. The van der Waals surface area contributed by atoms with E-state index in [1.165, 1.54) is 32.1 Å². The van der Waals surface area contributed by atoms with Crippen molar-refractivity contribution >= 4 is 11.7 Å². The van der Waals surface area contributed by atoms with Crippen molar-refractivity contribution in [1.29, 1.82) is 0 Å². The summed E-state index contributed by atoms with van der Waals surface area (Å²) >= 11 is 0. The molecule has 1 aromatic rings. The average molecular weight is 344 g/mol. The Kier molecular flexibility index (Phi) is 4.77. The summed E-state index contributed by atoms with van der Waals surface area (Å²) in [5.74, 6) is 1.62. The maximum atomic E-state index is 12.8. The molecule has 0 unspecified atom stereocenters. The first-order chi connectivity index (χ1) is 12.3. The van der Waals surface area contributed by atoms with Gasteiger partial charge >= 0.3 is 0 Å². The Morgan fingerprint density at radius 1 is 1.04 bits per heavy atom. The van der Waals surface area contributed by atoms with Crippen LogP contribution in [-0.2, 0) is 0 Å².